The van der Waals surface area contributed by atoms with Crippen molar-refractivity contribution < 1.29 is 18.0 Å². The number of carbonyl (C=O) groups excluding carboxylic acids is 1. The Kier molecular flexibility index (Phi) is 2.45. The van der Waals surface area contributed by atoms with Crippen molar-refractivity contribution in [3.63, 3.8) is 0 Å². The molecule has 0 saturated carbocycles. The maximum Gasteiger partial charge on any atom is 0.410 e. The van der Waals surface area contributed by atoms with E-state index in [1.165, 1.54) is 0 Å². The van der Waals surface area contributed by atoms with E-state index in [-0.39, 0.29) is 0 Å². The third-order valence-corrected chi connectivity index (χ3v) is 1.63. The van der Waals surface area contributed by atoms with Crippen LogP contribution >= 0.6 is 0 Å². The quantitative estimate of drug-likeness (QED) is 0.769. The van der Waals surface area contributed by atoms with Crippen molar-refractivity contribution in [3.05, 3.63) is 12.2 Å². The van der Waals surface area contributed by atoms with Crippen LogP contribution in [0.15, 0.2) is 6.33 Å². The lowest BCUT2D eigenvalue weighted by Crippen LogP contribution is -2.29. The molecule has 2 N–H and O–H groups in total. The van der Waals surface area contributed by atoms with Crippen molar-refractivity contribution in [1.82, 2.24) is 14.8 Å². The lowest BCUT2D eigenvalue weighted by molar-refractivity contribution is -0.165. The van der Waals surface area contributed by atoms with Crippen molar-refractivity contribution in [2.24, 2.45) is 5.73 Å². The Labute approximate surface area is 76.7 Å². The van der Waals surface area contributed by atoms with Gasteiger partial charge in [0.05, 0.1) is 0 Å². The van der Waals surface area contributed by atoms with Gasteiger partial charge in [0.1, 0.15) is 12.4 Å². The molecular weight excluding hydrogens is 201 g/mol. The molecular formula is C6H7F3N4O. The fourth-order valence-electron chi connectivity index (χ4n) is 0.849. The summed E-state index contributed by atoms with van der Waals surface area (Å²) >= 11 is 0. The molecule has 14 heavy (non-hydrogen) atoms. The molecule has 1 atom stereocenters. The van der Waals surface area contributed by atoms with E-state index in [4.69, 9.17) is 5.73 Å². The Morgan fingerprint density at radius 1 is 1.64 bits per heavy atom. The normalized spacial score (nSPS) is 14.0. The lowest BCUT2D eigenvalue weighted by atomic mass is 10.3. The van der Waals surface area contributed by atoms with E-state index in [2.05, 4.69) is 10.1 Å². The van der Waals surface area contributed by atoms with Crippen molar-refractivity contribution in [1.29, 1.82) is 0 Å². The number of nitrogens with zero attached hydrogens (tertiary/aromatic N) is 3. The molecule has 1 aromatic rings. The van der Waals surface area contributed by atoms with Gasteiger partial charge in [-0.3, -0.25) is 4.79 Å². The zero-order valence-electron chi connectivity index (χ0n) is 7.12. The minimum absolute atomic E-state index is 0.447. The van der Waals surface area contributed by atoms with Gasteiger partial charge in [-0.25, -0.2) is 9.67 Å². The first-order chi connectivity index (χ1) is 6.34. The van der Waals surface area contributed by atoms with Crippen LogP contribution in [0.2, 0.25) is 0 Å². The fourth-order valence-corrected chi connectivity index (χ4v) is 0.849. The molecule has 1 aromatic heterocycles. The molecule has 8 heteroatoms. The first-order valence-corrected chi connectivity index (χ1v) is 3.60. The number of halogens is 3. The Morgan fingerprint density at radius 3 is 2.64 bits per heavy atom. The van der Waals surface area contributed by atoms with Gasteiger partial charge in [0.2, 0.25) is 5.82 Å². The van der Waals surface area contributed by atoms with Crippen molar-refractivity contribution in [2.45, 2.75) is 19.1 Å². The highest BCUT2D eigenvalue weighted by molar-refractivity contribution is 5.88. The van der Waals surface area contributed by atoms with Crippen LogP contribution in [0, 0.1) is 0 Å². The summed E-state index contributed by atoms with van der Waals surface area (Å²) in [4.78, 5) is 14.0. The zero-order chi connectivity index (χ0) is 10.9. The van der Waals surface area contributed by atoms with Gasteiger partial charge in [-0.1, -0.05) is 0 Å². The Morgan fingerprint density at radius 2 is 2.21 bits per heavy atom. The standard InChI is InChI=1S/C6H7F3N4O/c1-3(6(7,8)9)13-5(4(10)14)11-2-12-13/h2-3H,1H3,(H2,10,14)/t3-/m1/s1. The van der Waals surface area contributed by atoms with Crippen LogP contribution in [0.4, 0.5) is 13.2 Å². The number of hydrogen-bond donors (Lipinski definition) is 1. The van der Waals surface area contributed by atoms with Gasteiger partial charge in [-0.15, -0.1) is 0 Å². The molecule has 0 unspecified atom stereocenters. The van der Waals surface area contributed by atoms with Crippen LogP contribution in [0.25, 0.3) is 0 Å². The third-order valence-electron chi connectivity index (χ3n) is 1.63. The lowest BCUT2D eigenvalue weighted by Gasteiger charge is -2.16. The molecule has 1 heterocycles. The van der Waals surface area contributed by atoms with Gasteiger partial charge < -0.3 is 5.73 Å². The number of hydrogen-bond acceptors (Lipinski definition) is 3. The van der Waals surface area contributed by atoms with Crippen LogP contribution in [-0.4, -0.2) is 26.8 Å². The smallest absolute Gasteiger partial charge is 0.363 e. The van der Waals surface area contributed by atoms with Gasteiger partial charge in [0.15, 0.2) is 0 Å². The molecule has 0 fully saturated rings. The number of nitrogens with two attached hydrogens (primary N) is 1. The second-order valence-corrected chi connectivity index (χ2v) is 2.61. The van der Waals surface area contributed by atoms with Crippen LogP contribution in [0.3, 0.4) is 0 Å². The second-order valence-electron chi connectivity index (χ2n) is 2.61. The molecule has 78 valence electrons. The first-order valence-electron chi connectivity index (χ1n) is 3.60. The predicted molar refractivity (Wildman–Crippen MR) is 39.3 cm³/mol. The summed E-state index contributed by atoms with van der Waals surface area (Å²) in [6.07, 6.45) is -3.64. The van der Waals surface area contributed by atoms with Crippen molar-refractivity contribution in [2.75, 3.05) is 0 Å². The van der Waals surface area contributed by atoms with Gasteiger partial charge in [-0.2, -0.15) is 18.3 Å². The summed E-state index contributed by atoms with van der Waals surface area (Å²) in [5.41, 5.74) is 4.81. The van der Waals surface area contributed by atoms with Crippen LogP contribution < -0.4 is 5.73 Å². The van der Waals surface area contributed by atoms with E-state index in [0.29, 0.717) is 4.68 Å². The first kappa shape index (κ1) is 10.5. The van der Waals surface area contributed by atoms with Gasteiger partial charge in [0, 0.05) is 0 Å². The van der Waals surface area contributed by atoms with Crippen LogP contribution in [-0.2, 0) is 0 Å². The van der Waals surface area contributed by atoms with Crippen LogP contribution in [0.1, 0.15) is 23.6 Å². The molecule has 0 radical (unpaired) electrons. The van der Waals surface area contributed by atoms with Gasteiger partial charge in [0.25, 0.3) is 5.91 Å². The average Bonchev–Trinajstić information content (AvgIpc) is 2.48. The summed E-state index contributed by atoms with van der Waals surface area (Å²) < 4.78 is 37.1. The molecule has 0 saturated heterocycles. The summed E-state index contributed by atoms with van der Waals surface area (Å²) in [5, 5.41) is 3.29. The number of aromatic nitrogens is 3. The molecule has 0 aliphatic carbocycles. The number of primary amides is 1. The number of amides is 1. The van der Waals surface area contributed by atoms with E-state index < -0.39 is 23.9 Å². The van der Waals surface area contributed by atoms with Gasteiger partial charge in [-0.05, 0) is 6.92 Å². The van der Waals surface area contributed by atoms with E-state index in [1.54, 1.807) is 0 Å². The highest BCUT2D eigenvalue weighted by Gasteiger charge is 2.39. The predicted octanol–water partition coefficient (Wildman–Crippen LogP) is 0.500. The average molecular weight is 208 g/mol. The highest BCUT2D eigenvalue weighted by Crippen LogP contribution is 2.29. The molecule has 0 aromatic carbocycles. The maximum atomic E-state index is 12.2. The maximum absolute atomic E-state index is 12.2. The number of rotatable bonds is 2. The van der Waals surface area contributed by atoms with E-state index in [9.17, 15) is 18.0 Å². The molecule has 1 rings (SSSR count). The second kappa shape index (κ2) is 3.28. The number of carbonyl (C=O) groups is 1. The Hall–Kier alpha value is -1.60. The van der Waals surface area contributed by atoms with Crippen LogP contribution in [0.5, 0.6) is 0 Å². The molecule has 0 aliphatic rings. The number of alkyl halides is 3. The summed E-state index contributed by atoms with van der Waals surface area (Å²) in [7, 11) is 0. The SMILES string of the molecule is C[C@@H](n1ncnc1C(N)=O)C(F)(F)F. The van der Waals surface area contributed by atoms with Gasteiger partial charge >= 0.3 is 6.18 Å². The largest absolute Gasteiger partial charge is 0.410 e. The molecule has 0 aliphatic heterocycles. The molecule has 5 nitrogen and oxygen atoms in total. The molecule has 0 bridgehead atoms. The highest BCUT2D eigenvalue weighted by atomic mass is 19.4. The minimum Gasteiger partial charge on any atom is -0.363 e. The third kappa shape index (κ3) is 1.83. The Bertz CT molecular complexity index is 345. The van der Waals surface area contributed by atoms with E-state index >= 15 is 0 Å². The molecule has 0 spiro atoms. The fraction of sp³-hybridized carbons (Fsp3) is 0.500. The Balaban J connectivity index is 3.07. The molecule has 1 amide bonds. The summed E-state index contributed by atoms with van der Waals surface area (Å²) in [6, 6.07) is -1.92. The van der Waals surface area contributed by atoms with Crippen molar-refractivity contribution in [3.8, 4) is 0 Å². The topological polar surface area (TPSA) is 73.8 Å². The van der Waals surface area contributed by atoms with E-state index in [1.807, 2.05) is 0 Å². The minimum atomic E-state index is -4.49. The summed E-state index contributed by atoms with van der Waals surface area (Å²) in [6.45, 7) is 0.862. The van der Waals surface area contributed by atoms with E-state index in [0.717, 1.165) is 13.3 Å². The monoisotopic (exact) mass is 208 g/mol. The zero-order valence-corrected chi connectivity index (χ0v) is 7.12. The van der Waals surface area contributed by atoms with Crippen molar-refractivity contribution >= 4 is 5.91 Å². The summed E-state index contributed by atoms with van der Waals surface area (Å²) in [5.74, 6) is -1.55.